The van der Waals surface area contributed by atoms with Crippen LogP contribution in [0.1, 0.15) is 29.3 Å². The first-order chi connectivity index (χ1) is 11.6. The highest BCUT2D eigenvalue weighted by atomic mass is 16.2. The number of likely N-dealkylation sites (N-methyl/N-ethyl adjacent to an activating group) is 1. The molecule has 0 saturated heterocycles. The van der Waals surface area contributed by atoms with Gasteiger partial charge in [0.25, 0.3) is 0 Å². The molecule has 0 saturated carbocycles. The lowest BCUT2D eigenvalue weighted by Gasteiger charge is -2.33. The Morgan fingerprint density at radius 2 is 2.12 bits per heavy atom. The quantitative estimate of drug-likeness (QED) is 0.925. The van der Waals surface area contributed by atoms with Crippen LogP contribution >= 0.6 is 0 Å². The zero-order chi connectivity index (χ0) is 17.1. The molecule has 2 aromatic rings. The second kappa shape index (κ2) is 6.86. The highest BCUT2D eigenvalue weighted by molar-refractivity contribution is 5.82. The molecule has 1 aromatic heterocycles. The van der Waals surface area contributed by atoms with Crippen LogP contribution in [-0.2, 0) is 22.6 Å². The van der Waals surface area contributed by atoms with Crippen LogP contribution in [0.2, 0.25) is 0 Å². The van der Waals surface area contributed by atoms with Gasteiger partial charge < -0.3 is 14.8 Å². The molecule has 1 atom stereocenters. The van der Waals surface area contributed by atoms with Crippen molar-refractivity contribution in [2.24, 2.45) is 0 Å². The van der Waals surface area contributed by atoms with E-state index in [-0.39, 0.29) is 11.8 Å². The van der Waals surface area contributed by atoms with Crippen molar-refractivity contribution in [3.05, 3.63) is 53.6 Å². The molecule has 1 unspecified atom stereocenters. The number of aromatic nitrogens is 2. The number of nitrogens with one attached hydrogen (secondary N) is 1. The molecule has 1 aliphatic heterocycles. The summed E-state index contributed by atoms with van der Waals surface area (Å²) in [5, 5.41) is 2.66. The van der Waals surface area contributed by atoms with Gasteiger partial charge in [-0.3, -0.25) is 9.59 Å². The molecular weight excluding hydrogens is 304 g/mol. The Bertz CT molecular complexity index is 753. The molecule has 0 aliphatic carbocycles. The molecule has 24 heavy (non-hydrogen) atoms. The van der Waals surface area contributed by atoms with Crippen molar-refractivity contribution in [3.8, 4) is 0 Å². The van der Waals surface area contributed by atoms with E-state index in [4.69, 9.17) is 0 Å². The molecule has 126 valence electrons. The van der Waals surface area contributed by atoms with Crippen LogP contribution < -0.4 is 5.32 Å². The normalized spacial score (nSPS) is 16.6. The fraction of sp³-hybridized carbons (Fsp3) is 0.389. The maximum Gasteiger partial charge on any atom is 0.244 e. The van der Waals surface area contributed by atoms with E-state index in [0.29, 0.717) is 25.9 Å². The summed E-state index contributed by atoms with van der Waals surface area (Å²) in [6.45, 7) is 2.94. The Morgan fingerprint density at radius 1 is 1.33 bits per heavy atom. The maximum atomic E-state index is 12.6. The van der Waals surface area contributed by atoms with Gasteiger partial charge in [-0.1, -0.05) is 24.3 Å². The number of hydrogen-bond donors (Lipinski definition) is 1. The number of fused-ring (bicyclic) bond motifs is 1. The minimum absolute atomic E-state index is 0.0691. The predicted molar refractivity (Wildman–Crippen MR) is 90.2 cm³/mol. The van der Waals surface area contributed by atoms with Crippen molar-refractivity contribution in [1.29, 1.82) is 0 Å². The van der Waals surface area contributed by atoms with Gasteiger partial charge in [0.1, 0.15) is 6.04 Å². The number of nitrogens with zero attached hydrogens (tertiary/aromatic N) is 3. The van der Waals surface area contributed by atoms with E-state index >= 15 is 0 Å². The van der Waals surface area contributed by atoms with Crippen LogP contribution in [0.3, 0.4) is 0 Å². The third-order valence-corrected chi connectivity index (χ3v) is 4.60. The summed E-state index contributed by atoms with van der Waals surface area (Å²) in [4.78, 5) is 30.6. The van der Waals surface area contributed by atoms with Crippen molar-refractivity contribution in [1.82, 2.24) is 19.8 Å². The van der Waals surface area contributed by atoms with Crippen molar-refractivity contribution in [2.75, 3.05) is 13.6 Å². The summed E-state index contributed by atoms with van der Waals surface area (Å²) in [5.41, 5.74) is 3.28. The number of imidazole rings is 1. The topological polar surface area (TPSA) is 67.2 Å². The lowest BCUT2D eigenvalue weighted by atomic mass is 10.0. The van der Waals surface area contributed by atoms with E-state index in [1.54, 1.807) is 24.5 Å². The van der Waals surface area contributed by atoms with Gasteiger partial charge in [0.15, 0.2) is 0 Å². The van der Waals surface area contributed by atoms with Crippen LogP contribution in [0.4, 0.5) is 0 Å². The molecule has 3 rings (SSSR count). The van der Waals surface area contributed by atoms with Crippen molar-refractivity contribution in [3.63, 3.8) is 0 Å². The second-order valence-corrected chi connectivity index (χ2v) is 6.12. The summed E-state index contributed by atoms with van der Waals surface area (Å²) < 4.78 is 1.85. The predicted octanol–water partition coefficient (Wildman–Crippen LogP) is 1.45. The first kappa shape index (κ1) is 16.2. The number of hydrogen-bond acceptors (Lipinski definition) is 3. The molecule has 0 radical (unpaired) electrons. The second-order valence-electron chi connectivity index (χ2n) is 6.12. The van der Waals surface area contributed by atoms with Crippen LogP contribution in [0, 0.1) is 6.92 Å². The number of benzene rings is 1. The summed E-state index contributed by atoms with van der Waals surface area (Å²) in [6.07, 6.45) is 4.53. The standard InChI is InChI=1S/C18H22N4O2/c1-13-5-3-4-6-14(13)7-8-17(23)21-10-15-9-20-12-22(15)16(11-21)18(24)19-2/h3-6,9,12,16H,7-8,10-11H2,1-2H3,(H,19,24). The molecule has 6 nitrogen and oxygen atoms in total. The van der Waals surface area contributed by atoms with Crippen LogP contribution in [0.15, 0.2) is 36.8 Å². The molecule has 0 bridgehead atoms. The minimum Gasteiger partial charge on any atom is -0.357 e. The monoisotopic (exact) mass is 326 g/mol. The zero-order valence-corrected chi connectivity index (χ0v) is 14.0. The molecule has 6 heteroatoms. The van der Waals surface area contributed by atoms with Gasteiger partial charge in [0, 0.05) is 19.7 Å². The molecule has 1 N–H and O–H groups in total. The van der Waals surface area contributed by atoms with Crippen molar-refractivity contribution < 1.29 is 9.59 Å². The highest BCUT2D eigenvalue weighted by Crippen LogP contribution is 2.22. The van der Waals surface area contributed by atoms with Gasteiger partial charge in [-0.25, -0.2) is 4.98 Å². The average molecular weight is 326 g/mol. The van der Waals surface area contributed by atoms with Crippen LogP contribution in [0.5, 0.6) is 0 Å². The van der Waals surface area contributed by atoms with Gasteiger partial charge in [-0.15, -0.1) is 0 Å². The zero-order valence-electron chi connectivity index (χ0n) is 14.0. The van der Waals surface area contributed by atoms with Crippen molar-refractivity contribution >= 4 is 11.8 Å². The van der Waals surface area contributed by atoms with E-state index in [9.17, 15) is 9.59 Å². The summed E-state index contributed by atoms with van der Waals surface area (Å²) >= 11 is 0. The van der Waals surface area contributed by atoms with Crippen LogP contribution in [0.25, 0.3) is 0 Å². The van der Waals surface area contributed by atoms with Gasteiger partial charge in [-0.05, 0) is 24.5 Å². The van der Waals surface area contributed by atoms with Gasteiger partial charge in [0.05, 0.1) is 25.1 Å². The molecular formula is C18H22N4O2. The molecule has 0 fully saturated rings. The van der Waals surface area contributed by atoms with E-state index < -0.39 is 6.04 Å². The Hall–Kier alpha value is -2.63. The molecule has 1 aromatic carbocycles. The number of rotatable bonds is 4. The Labute approximate surface area is 141 Å². The molecule has 1 aliphatic rings. The lowest BCUT2D eigenvalue weighted by molar-refractivity contribution is -0.135. The molecule has 2 heterocycles. The summed E-state index contributed by atoms with van der Waals surface area (Å²) in [5.74, 6) is -0.0368. The fourth-order valence-corrected chi connectivity index (χ4v) is 3.15. The van der Waals surface area contributed by atoms with E-state index in [1.807, 2.05) is 16.7 Å². The Balaban J connectivity index is 1.70. The first-order valence-corrected chi connectivity index (χ1v) is 8.14. The average Bonchev–Trinajstić information content (AvgIpc) is 3.07. The molecule has 0 spiro atoms. The van der Waals surface area contributed by atoms with E-state index in [0.717, 1.165) is 5.69 Å². The number of amides is 2. The number of carbonyl (C=O) groups is 2. The third-order valence-electron chi connectivity index (χ3n) is 4.60. The SMILES string of the molecule is CNC(=O)C1CN(C(=O)CCc2ccccc2C)Cc2cncn21. The van der Waals surface area contributed by atoms with Gasteiger partial charge >= 0.3 is 0 Å². The molecule has 2 amide bonds. The van der Waals surface area contributed by atoms with Gasteiger partial charge in [-0.2, -0.15) is 0 Å². The summed E-state index contributed by atoms with van der Waals surface area (Å²) in [6, 6.07) is 7.69. The third kappa shape index (κ3) is 3.18. The Kier molecular flexibility index (Phi) is 4.64. The Morgan fingerprint density at radius 3 is 2.88 bits per heavy atom. The fourth-order valence-electron chi connectivity index (χ4n) is 3.15. The minimum atomic E-state index is -0.413. The maximum absolute atomic E-state index is 12.6. The van der Waals surface area contributed by atoms with Gasteiger partial charge in [0.2, 0.25) is 11.8 Å². The smallest absolute Gasteiger partial charge is 0.244 e. The first-order valence-electron chi connectivity index (χ1n) is 8.14. The lowest BCUT2D eigenvalue weighted by Crippen LogP contribution is -2.45. The van der Waals surface area contributed by atoms with Crippen molar-refractivity contribution in [2.45, 2.75) is 32.4 Å². The van der Waals surface area contributed by atoms with Crippen LogP contribution in [-0.4, -0.2) is 39.9 Å². The number of aryl methyl sites for hydroxylation is 2. The summed E-state index contributed by atoms with van der Waals surface area (Å²) in [7, 11) is 1.61. The highest BCUT2D eigenvalue weighted by Gasteiger charge is 2.31. The van der Waals surface area contributed by atoms with E-state index in [1.165, 1.54) is 11.1 Å². The van der Waals surface area contributed by atoms with E-state index in [2.05, 4.69) is 29.4 Å². The largest absolute Gasteiger partial charge is 0.357 e. The number of carbonyl (C=O) groups excluding carboxylic acids is 2.